The number of aromatic nitrogens is 1. The molecular formula is C21H28N4O3. The number of fused-ring (bicyclic) bond motifs is 4. The van der Waals surface area contributed by atoms with Crippen molar-refractivity contribution in [3.8, 4) is 11.1 Å². The maximum Gasteiger partial charge on any atom is 0.411 e. The van der Waals surface area contributed by atoms with E-state index in [9.17, 15) is 9.90 Å². The largest absolute Gasteiger partial charge is 0.453 e. The van der Waals surface area contributed by atoms with Crippen molar-refractivity contribution >= 4 is 17.5 Å². The van der Waals surface area contributed by atoms with Gasteiger partial charge in [0.15, 0.2) is 0 Å². The molecule has 150 valence electrons. The number of ether oxygens (including phenoxy) is 1. The molecule has 7 nitrogen and oxygen atoms in total. The summed E-state index contributed by atoms with van der Waals surface area (Å²) in [5.41, 5.74) is 10.6. The molecule has 1 aromatic carbocycles. The van der Waals surface area contributed by atoms with Gasteiger partial charge in [0.2, 0.25) is 0 Å². The lowest BCUT2D eigenvalue weighted by molar-refractivity contribution is 0.187. The Morgan fingerprint density at radius 3 is 2.89 bits per heavy atom. The maximum absolute atomic E-state index is 11.6. The molecule has 28 heavy (non-hydrogen) atoms. The first-order valence-electron chi connectivity index (χ1n) is 9.69. The summed E-state index contributed by atoms with van der Waals surface area (Å²) in [4.78, 5) is 16.0. The van der Waals surface area contributed by atoms with Crippen LogP contribution in [0.4, 0.5) is 16.2 Å². The maximum atomic E-state index is 11.6. The van der Waals surface area contributed by atoms with E-state index in [1.165, 1.54) is 7.11 Å². The van der Waals surface area contributed by atoms with Gasteiger partial charge in [0.05, 0.1) is 19.4 Å². The van der Waals surface area contributed by atoms with E-state index in [4.69, 9.17) is 5.73 Å². The van der Waals surface area contributed by atoms with Gasteiger partial charge >= 0.3 is 6.09 Å². The molecule has 1 aliphatic heterocycles. The predicted octanol–water partition coefficient (Wildman–Crippen LogP) is 3.66. The number of methoxy groups -OCH3 is 1. The van der Waals surface area contributed by atoms with Crippen LogP contribution in [0.15, 0.2) is 36.5 Å². The van der Waals surface area contributed by atoms with Crippen LogP contribution in [0.5, 0.6) is 0 Å². The fourth-order valence-corrected chi connectivity index (χ4v) is 3.49. The van der Waals surface area contributed by atoms with Crippen molar-refractivity contribution in [1.29, 1.82) is 0 Å². The van der Waals surface area contributed by atoms with Crippen molar-refractivity contribution in [2.75, 3.05) is 24.4 Å². The van der Waals surface area contributed by atoms with Crippen molar-refractivity contribution in [2.24, 2.45) is 5.73 Å². The van der Waals surface area contributed by atoms with Crippen LogP contribution >= 0.6 is 0 Å². The minimum Gasteiger partial charge on any atom is -0.453 e. The molecule has 0 saturated heterocycles. The van der Waals surface area contributed by atoms with Gasteiger partial charge in [-0.15, -0.1) is 0 Å². The molecule has 5 N–H and O–H groups in total. The van der Waals surface area contributed by atoms with E-state index in [0.717, 1.165) is 54.6 Å². The Morgan fingerprint density at radius 2 is 2.11 bits per heavy atom. The third-order valence-electron chi connectivity index (χ3n) is 5.07. The zero-order chi connectivity index (χ0) is 19.9. The molecule has 0 radical (unpaired) electrons. The number of aliphatic hydroxyl groups excluding tert-OH is 1. The summed E-state index contributed by atoms with van der Waals surface area (Å²) >= 11 is 0. The Balaban J connectivity index is 2.03. The second kappa shape index (κ2) is 9.52. The van der Waals surface area contributed by atoms with Crippen molar-refractivity contribution in [1.82, 2.24) is 4.98 Å². The van der Waals surface area contributed by atoms with Crippen LogP contribution in [0.2, 0.25) is 0 Å². The molecule has 2 atom stereocenters. The van der Waals surface area contributed by atoms with Crippen LogP contribution in [0.1, 0.15) is 43.8 Å². The van der Waals surface area contributed by atoms with Crippen LogP contribution < -0.4 is 16.4 Å². The summed E-state index contributed by atoms with van der Waals surface area (Å²) in [6.07, 6.45) is 6.09. The lowest BCUT2D eigenvalue weighted by Crippen LogP contribution is -2.24. The highest BCUT2D eigenvalue weighted by Crippen LogP contribution is 2.33. The molecular weight excluding hydrogens is 356 g/mol. The van der Waals surface area contributed by atoms with Crippen LogP contribution in [-0.4, -0.2) is 35.9 Å². The van der Waals surface area contributed by atoms with Gasteiger partial charge in [0.1, 0.15) is 0 Å². The molecule has 0 unspecified atom stereocenters. The lowest BCUT2D eigenvalue weighted by Gasteiger charge is -2.21. The summed E-state index contributed by atoms with van der Waals surface area (Å²) in [7, 11) is 1.33. The zero-order valence-electron chi connectivity index (χ0n) is 16.1. The number of nitrogens with zero attached hydrogens (tertiary/aromatic N) is 1. The Morgan fingerprint density at radius 1 is 1.29 bits per heavy atom. The molecule has 0 spiro atoms. The van der Waals surface area contributed by atoms with Crippen molar-refractivity contribution in [3.63, 3.8) is 0 Å². The monoisotopic (exact) mass is 384 g/mol. The zero-order valence-corrected chi connectivity index (χ0v) is 16.1. The van der Waals surface area contributed by atoms with Gasteiger partial charge in [-0.3, -0.25) is 10.3 Å². The van der Waals surface area contributed by atoms with Gasteiger partial charge < -0.3 is 20.9 Å². The molecule has 0 saturated carbocycles. The van der Waals surface area contributed by atoms with Crippen LogP contribution in [-0.2, 0) is 4.74 Å². The molecule has 1 amide bonds. The number of benzene rings is 1. The van der Waals surface area contributed by atoms with Crippen molar-refractivity contribution in [2.45, 2.75) is 44.2 Å². The van der Waals surface area contributed by atoms with Crippen molar-refractivity contribution in [3.05, 3.63) is 42.2 Å². The molecule has 1 aromatic heterocycles. The quantitative estimate of drug-likeness (QED) is 0.629. The average molecular weight is 384 g/mol. The molecule has 0 fully saturated rings. The summed E-state index contributed by atoms with van der Waals surface area (Å²) in [6, 6.07) is 9.42. The Labute approximate surface area is 165 Å². The highest BCUT2D eigenvalue weighted by Gasteiger charge is 2.16. The van der Waals surface area contributed by atoms with E-state index in [1.807, 2.05) is 30.3 Å². The second-order valence-corrected chi connectivity index (χ2v) is 7.11. The molecule has 0 aliphatic carbocycles. The smallest absolute Gasteiger partial charge is 0.411 e. The van der Waals surface area contributed by atoms with E-state index in [-0.39, 0.29) is 18.7 Å². The summed E-state index contributed by atoms with van der Waals surface area (Å²) < 4.78 is 4.68. The first kappa shape index (κ1) is 20.1. The number of aliphatic hydroxyl groups is 1. The lowest BCUT2D eigenvalue weighted by atomic mass is 10.00. The number of pyridine rings is 1. The van der Waals surface area contributed by atoms with Crippen molar-refractivity contribution < 1.29 is 14.6 Å². The molecule has 2 aromatic rings. The Hall–Kier alpha value is -2.64. The second-order valence-electron chi connectivity index (χ2n) is 7.11. The predicted molar refractivity (Wildman–Crippen MR) is 110 cm³/mol. The number of carbonyl (C=O) groups is 1. The number of hydrogen-bond donors (Lipinski definition) is 4. The van der Waals surface area contributed by atoms with E-state index in [0.29, 0.717) is 5.69 Å². The third kappa shape index (κ3) is 4.99. The van der Waals surface area contributed by atoms with E-state index >= 15 is 0 Å². The number of nitrogens with one attached hydrogen (secondary N) is 2. The number of anilines is 2. The van der Waals surface area contributed by atoms with Gasteiger partial charge in [-0.25, -0.2) is 4.79 Å². The Kier molecular flexibility index (Phi) is 6.84. The van der Waals surface area contributed by atoms with E-state index in [2.05, 4.69) is 20.4 Å². The van der Waals surface area contributed by atoms with Gasteiger partial charge in [-0.1, -0.05) is 25.3 Å². The van der Waals surface area contributed by atoms with Crippen LogP contribution in [0.25, 0.3) is 11.1 Å². The molecule has 1 aliphatic rings. The molecule has 3 rings (SSSR count). The van der Waals surface area contributed by atoms with Gasteiger partial charge in [0, 0.05) is 35.2 Å². The first-order chi connectivity index (χ1) is 13.6. The summed E-state index contributed by atoms with van der Waals surface area (Å²) in [5.74, 6) is 0. The molecule has 2 bridgehead atoms. The fourth-order valence-electron chi connectivity index (χ4n) is 3.49. The van der Waals surface area contributed by atoms with Gasteiger partial charge in [-0.2, -0.15) is 0 Å². The van der Waals surface area contributed by atoms with Gasteiger partial charge in [-0.05, 0) is 42.7 Å². The summed E-state index contributed by atoms with van der Waals surface area (Å²) in [6.45, 7) is 0.0369. The summed E-state index contributed by atoms with van der Waals surface area (Å²) in [5, 5.41) is 16.0. The van der Waals surface area contributed by atoms with Crippen LogP contribution in [0, 0.1) is 0 Å². The number of amides is 1. The normalized spacial score (nSPS) is 19.8. The minimum atomic E-state index is -0.527. The van der Waals surface area contributed by atoms with Gasteiger partial charge in [0.25, 0.3) is 0 Å². The standard InChI is InChI=1S/C21H28N4O3/c1-28-21(27)25-15-7-8-17-14-9-10-23-20(11-14)18(22)6-4-2-3-5-16(13-26)24-19(17)12-15/h7-12,16,18,24,26H,2-6,13,22H2,1H3,(H,25,27)/t16-,18+/m1/s1. The highest BCUT2D eigenvalue weighted by molar-refractivity contribution is 5.88. The SMILES string of the molecule is COC(=O)Nc1ccc2c(c1)N[C@@H](CO)CCCCC[C@H](N)c1cc-2ccn1. The number of carbonyl (C=O) groups excluding carboxylic acids is 1. The van der Waals surface area contributed by atoms with E-state index in [1.54, 1.807) is 6.20 Å². The fraction of sp³-hybridized carbons (Fsp3) is 0.429. The molecule has 2 heterocycles. The molecule has 7 heteroatoms. The topological polar surface area (TPSA) is 110 Å². The van der Waals surface area contributed by atoms with Crippen LogP contribution in [0.3, 0.4) is 0 Å². The number of rotatable bonds is 2. The Bertz CT molecular complexity index is 812. The minimum absolute atomic E-state index is 0.0369. The van der Waals surface area contributed by atoms with E-state index < -0.39 is 6.09 Å². The third-order valence-corrected chi connectivity index (χ3v) is 5.07. The highest BCUT2D eigenvalue weighted by atomic mass is 16.5. The first-order valence-corrected chi connectivity index (χ1v) is 9.69. The number of nitrogens with two attached hydrogens (primary N) is 1. The number of hydrogen-bond acceptors (Lipinski definition) is 6. The average Bonchev–Trinajstić information content (AvgIpc) is 2.72.